The summed E-state index contributed by atoms with van der Waals surface area (Å²) in [5.41, 5.74) is 1.74. The molecule has 0 spiro atoms. The van der Waals surface area contributed by atoms with Crippen molar-refractivity contribution in [2.45, 2.75) is 26.8 Å². The minimum Gasteiger partial charge on any atom is -0.465 e. The lowest BCUT2D eigenvalue weighted by Gasteiger charge is -2.13. The number of hydrogen-bond donors (Lipinski definition) is 2. The van der Waals surface area contributed by atoms with Crippen LogP contribution in [-0.4, -0.2) is 30.2 Å². The predicted molar refractivity (Wildman–Crippen MR) is 92.2 cm³/mol. The normalized spacial score (nSPS) is 12.8. The number of methoxy groups -OCH3 is 1. The molecule has 0 amide bonds. The third-order valence-electron chi connectivity index (χ3n) is 2.72. The van der Waals surface area contributed by atoms with Crippen molar-refractivity contribution < 1.29 is 9.53 Å². The van der Waals surface area contributed by atoms with Crippen molar-refractivity contribution in [3.05, 3.63) is 16.0 Å². The van der Waals surface area contributed by atoms with Gasteiger partial charge in [0.25, 0.3) is 0 Å². The summed E-state index contributed by atoms with van der Waals surface area (Å²) in [6.45, 7) is 5.69. The number of rotatable bonds is 2. The summed E-state index contributed by atoms with van der Waals surface area (Å²) in [5, 5.41) is 7.22. The number of hydrogen-bond acceptors (Lipinski definition) is 6. The van der Waals surface area contributed by atoms with Crippen LogP contribution in [0.25, 0.3) is 0 Å². The van der Waals surface area contributed by atoms with Crippen molar-refractivity contribution in [2.75, 3.05) is 25.2 Å². The second-order valence-corrected chi connectivity index (χ2v) is 6.33. The van der Waals surface area contributed by atoms with Gasteiger partial charge < -0.3 is 15.4 Å². The van der Waals surface area contributed by atoms with Crippen molar-refractivity contribution in [3.63, 3.8) is 0 Å². The molecule has 4 nitrogen and oxygen atoms in total. The maximum atomic E-state index is 11.9. The van der Waals surface area contributed by atoms with Gasteiger partial charge in [0, 0.05) is 11.4 Å². The molecular formula is C13H20N2O2S3. The number of carbonyl (C=O) groups excluding carboxylic acids is 1. The summed E-state index contributed by atoms with van der Waals surface area (Å²) in [4.78, 5) is 13.1. The Bertz CT molecular complexity index is 486. The molecule has 0 atom stereocenters. The van der Waals surface area contributed by atoms with Gasteiger partial charge in [0.2, 0.25) is 0 Å². The Kier molecular flexibility index (Phi) is 7.50. The molecule has 0 aliphatic carbocycles. The van der Waals surface area contributed by atoms with Crippen LogP contribution in [0.2, 0.25) is 0 Å². The number of ether oxygens (including phenoxy) is 1. The zero-order valence-corrected chi connectivity index (χ0v) is 14.6. The van der Waals surface area contributed by atoms with E-state index in [4.69, 9.17) is 17.0 Å². The Morgan fingerprint density at radius 2 is 2.20 bits per heavy atom. The Morgan fingerprint density at radius 1 is 1.50 bits per heavy atom. The molecule has 0 bridgehead atoms. The SMILES string of the molecule is CC.COC(=O)c1c(NC(=S)SC)sc2c1CCNC2. The molecule has 0 fully saturated rings. The molecule has 2 N–H and O–H groups in total. The van der Waals surface area contributed by atoms with Crippen LogP contribution in [0.1, 0.15) is 34.6 Å². The smallest absolute Gasteiger partial charge is 0.341 e. The quantitative estimate of drug-likeness (QED) is 0.640. The summed E-state index contributed by atoms with van der Waals surface area (Å²) in [6, 6.07) is 0. The number of fused-ring (bicyclic) bond motifs is 1. The molecule has 1 aromatic heterocycles. The highest BCUT2D eigenvalue weighted by atomic mass is 32.2. The lowest BCUT2D eigenvalue weighted by molar-refractivity contribution is 0.0601. The summed E-state index contributed by atoms with van der Waals surface area (Å²) >= 11 is 8.18. The van der Waals surface area contributed by atoms with E-state index in [1.807, 2.05) is 20.1 Å². The van der Waals surface area contributed by atoms with Gasteiger partial charge in [-0.25, -0.2) is 4.79 Å². The fourth-order valence-electron chi connectivity index (χ4n) is 1.88. The monoisotopic (exact) mass is 332 g/mol. The first kappa shape index (κ1) is 17.4. The number of thioether (sulfide) groups is 1. The summed E-state index contributed by atoms with van der Waals surface area (Å²) < 4.78 is 5.53. The Hall–Kier alpha value is -0.630. The average molecular weight is 333 g/mol. The van der Waals surface area contributed by atoms with Gasteiger partial charge in [0.15, 0.2) is 0 Å². The highest BCUT2D eigenvalue weighted by molar-refractivity contribution is 8.22. The van der Waals surface area contributed by atoms with Crippen molar-refractivity contribution >= 4 is 50.6 Å². The molecule has 0 saturated carbocycles. The van der Waals surface area contributed by atoms with E-state index in [0.29, 0.717) is 9.88 Å². The zero-order chi connectivity index (χ0) is 15.1. The van der Waals surface area contributed by atoms with E-state index in [-0.39, 0.29) is 5.97 Å². The topological polar surface area (TPSA) is 50.4 Å². The maximum Gasteiger partial charge on any atom is 0.341 e. The lowest BCUT2D eigenvalue weighted by atomic mass is 10.0. The van der Waals surface area contributed by atoms with Crippen LogP contribution in [-0.2, 0) is 17.7 Å². The molecule has 1 aliphatic heterocycles. The van der Waals surface area contributed by atoms with Crippen molar-refractivity contribution in [3.8, 4) is 0 Å². The van der Waals surface area contributed by atoms with Gasteiger partial charge in [-0.2, -0.15) is 0 Å². The van der Waals surface area contributed by atoms with E-state index >= 15 is 0 Å². The average Bonchev–Trinajstić information content (AvgIpc) is 2.86. The van der Waals surface area contributed by atoms with E-state index in [2.05, 4.69) is 10.6 Å². The number of thiocarbonyl (C=S) groups is 1. The van der Waals surface area contributed by atoms with E-state index in [1.54, 1.807) is 11.3 Å². The summed E-state index contributed by atoms with van der Waals surface area (Å²) in [7, 11) is 1.41. The fraction of sp³-hybridized carbons (Fsp3) is 0.538. The standard InChI is InChI=1S/C11H14N2O2S3.C2H6/c1-15-10(14)8-6-3-4-12-5-7(6)18-9(8)13-11(16)17-2;1-2/h12H,3-5H2,1-2H3,(H,13,16);1-2H3. The van der Waals surface area contributed by atoms with Crippen LogP contribution in [0, 0.1) is 0 Å². The number of carbonyl (C=O) groups is 1. The Morgan fingerprint density at radius 3 is 2.80 bits per heavy atom. The molecular weight excluding hydrogens is 312 g/mol. The van der Waals surface area contributed by atoms with Crippen LogP contribution >= 0.6 is 35.3 Å². The first-order valence-electron chi connectivity index (χ1n) is 6.46. The van der Waals surface area contributed by atoms with Crippen LogP contribution in [0.5, 0.6) is 0 Å². The van der Waals surface area contributed by atoms with Gasteiger partial charge in [-0.3, -0.25) is 0 Å². The fourth-order valence-corrected chi connectivity index (χ4v) is 3.53. The Balaban J connectivity index is 0.000000956. The van der Waals surface area contributed by atoms with Crippen LogP contribution in [0.4, 0.5) is 5.00 Å². The lowest BCUT2D eigenvalue weighted by Crippen LogP contribution is -2.23. The highest BCUT2D eigenvalue weighted by Crippen LogP contribution is 2.36. The van der Waals surface area contributed by atoms with Gasteiger partial charge in [-0.15, -0.1) is 23.1 Å². The largest absolute Gasteiger partial charge is 0.465 e. The second-order valence-electron chi connectivity index (χ2n) is 3.74. The first-order valence-corrected chi connectivity index (χ1v) is 8.90. The molecule has 0 aromatic carbocycles. The van der Waals surface area contributed by atoms with Crippen molar-refractivity contribution in [2.24, 2.45) is 0 Å². The maximum absolute atomic E-state index is 11.9. The molecule has 0 radical (unpaired) electrons. The third kappa shape index (κ3) is 3.94. The molecule has 0 saturated heterocycles. The highest BCUT2D eigenvalue weighted by Gasteiger charge is 2.26. The molecule has 1 aliphatic rings. The summed E-state index contributed by atoms with van der Waals surface area (Å²) in [6.07, 6.45) is 2.76. The summed E-state index contributed by atoms with van der Waals surface area (Å²) in [5.74, 6) is -0.291. The minimum absolute atomic E-state index is 0.291. The van der Waals surface area contributed by atoms with E-state index in [1.165, 1.54) is 23.7 Å². The third-order valence-corrected chi connectivity index (χ3v) is 4.94. The molecule has 112 valence electrons. The minimum atomic E-state index is -0.291. The van der Waals surface area contributed by atoms with E-state index < -0.39 is 0 Å². The molecule has 0 unspecified atom stereocenters. The zero-order valence-electron chi connectivity index (χ0n) is 12.2. The number of nitrogens with one attached hydrogen (secondary N) is 2. The molecule has 2 heterocycles. The van der Waals surface area contributed by atoms with Gasteiger partial charge in [-0.05, 0) is 24.8 Å². The number of esters is 1. The van der Waals surface area contributed by atoms with E-state index in [9.17, 15) is 4.79 Å². The van der Waals surface area contributed by atoms with Gasteiger partial charge in [-0.1, -0.05) is 26.1 Å². The van der Waals surface area contributed by atoms with Gasteiger partial charge in [0.05, 0.1) is 12.7 Å². The molecule has 2 rings (SSSR count). The van der Waals surface area contributed by atoms with E-state index in [0.717, 1.165) is 30.1 Å². The van der Waals surface area contributed by atoms with Crippen LogP contribution in [0.3, 0.4) is 0 Å². The first-order chi connectivity index (χ1) is 9.67. The van der Waals surface area contributed by atoms with Gasteiger partial charge >= 0.3 is 5.97 Å². The molecule has 7 heteroatoms. The van der Waals surface area contributed by atoms with Crippen molar-refractivity contribution in [1.82, 2.24) is 5.32 Å². The second kappa shape index (κ2) is 8.61. The van der Waals surface area contributed by atoms with Crippen LogP contribution in [0.15, 0.2) is 0 Å². The predicted octanol–water partition coefficient (Wildman–Crippen LogP) is 3.27. The molecule has 20 heavy (non-hydrogen) atoms. The van der Waals surface area contributed by atoms with Crippen molar-refractivity contribution in [1.29, 1.82) is 0 Å². The van der Waals surface area contributed by atoms with Gasteiger partial charge in [0.1, 0.15) is 9.32 Å². The number of thiophene rings is 1. The van der Waals surface area contributed by atoms with Crippen LogP contribution < -0.4 is 10.6 Å². The Labute approximate surface area is 133 Å². The number of anilines is 1. The molecule has 1 aromatic rings.